The molecule has 0 bridgehead atoms. The highest BCUT2D eigenvalue weighted by molar-refractivity contribution is 5.61. The number of hydrogen-bond acceptors (Lipinski definition) is 3. The van der Waals surface area contributed by atoms with Gasteiger partial charge in [0.15, 0.2) is 5.82 Å². The standard InChI is InChI=1S/C12H13N5/c1-9(2)10-3-4-11-12(13-8-16(11)7-10)17-6-5-14-15-17/h3-9H,1-2H3. The Morgan fingerprint density at radius 2 is 2.12 bits per heavy atom. The quantitative estimate of drug-likeness (QED) is 0.673. The molecule has 0 saturated heterocycles. The minimum Gasteiger partial charge on any atom is -0.304 e. The van der Waals surface area contributed by atoms with Gasteiger partial charge in [0.05, 0.1) is 17.9 Å². The van der Waals surface area contributed by atoms with Crippen molar-refractivity contribution in [3.05, 3.63) is 42.6 Å². The SMILES string of the molecule is CC(C)c1ccc2c(-n3ccnn3)ncn2c1. The molecule has 3 rings (SSSR count). The van der Waals surface area contributed by atoms with Gasteiger partial charge in [-0.15, -0.1) is 5.10 Å². The molecule has 5 nitrogen and oxygen atoms in total. The maximum Gasteiger partial charge on any atom is 0.180 e. The molecule has 0 amide bonds. The number of hydrogen-bond donors (Lipinski definition) is 0. The molecule has 0 N–H and O–H groups in total. The van der Waals surface area contributed by atoms with Crippen LogP contribution in [0.15, 0.2) is 37.1 Å². The van der Waals surface area contributed by atoms with Crippen LogP contribution in [0.1, 0.15) is 25.3 Å². The second kappa shape index (κ2) is 3.69. The van der Waals surface area contributed by atoms with Crippen LogP contribution in [0.5, 0.6) is 0 Å². The lowest BCUT2D eigenvalue weighted by molar-refractivity contribution is 0.790. The van der Waals surface area contributed by atoms with Crippen LogP contribution < -0.4 is 0 Å². The Bertz CT molecular complexity index is 636. The van der Waals surface area contributed by atoms with E-state index in [0.717, 1.165) is 11.3 Å². The summed E-state index contributed by atoms with van der Waals surface area (Å²) in [5.74, 6) is 1.31. The third-order valence-corrected chi connectivity index (χ3v) is 2.84. The molecular formula is C12H13N5. The van der Waals surface area contributed by atoms with E-state index in [0.29, 0.717) is 5.92 Å². The van der Waals surface area contributed by atoms with Gasteiger partial charge in [-0.2, -0.15) is 0 Å². The number of aromatic nitrogens is 5. The van der Waals surface area contributed by atoms with Crippen LogP contribution in [0.25, 0.3) is 11.3 Å². The van der Waals surface area contributed by atoms with Crippen molar-refractivity contribution in [2.75, 3.05) is 0 Å². The smallest absolute Gasteiger partial charge is 0.180 e. The molecule has 0 atom stereocenters. The zero-order valence-electron chi connectivity index (χ0n) is 9.78. The van der Waals surface area contributed by atoms with Crippen LogP contribution in [0.3, 0.4) is 0 Å². The van der Waals surface area contributed by atoms with Gasteiger partial charge < -0.3 is 4.40 Å². The van der Waals surface area contributed by atoms with E-state index >= 15 is 0 Å². The van der Waals surface area contributed by atoms with Gasteiger partial charge in [0.2, 0.25) is 0 Å². The maximum absolute atomic E-state index is 4.36. The van der Waals surface area contributed by atoms with Gasteiger partial charge in [-0.25, -0.2) is 9.67 Å². The Morgan fingerprint density at radius 1 is 1.24 bits per heavy atom. The molecule has 0 saturated carbocycles. The Hall–Kier alpha value is -2.17. The molecule has 5 heteroatoms. The van der Waals surface area contributed by atoms with E-state index in [1.54, 1.807) is 23.4 Å². The van der Waals surface area contributed by atoms with E-state index in [-0.39, 0.29) is 0 Å². The van der Waals surface area contributed by atoms with Crippen molar-refractivity contribution in [2.24, 2.45) is 0 Å². The molecule has 0 radical (unpaired) electrons. The van der Waals surface area contributed by atoms with Gasteiger partial charge in [0, 0.05) is 6.20 Å². The molecule has 0 aliphatic carbocycles. The summed E-state index contributed by atoms with van der Waals surface area (Å²) < 4.78 is 3.69. The minimum atomic E-state index is 0.511. The molecule has 17 heavy (non-hydrogen) atoms. The molecule has 3 aromatic rings. The topological polar surface area (TPSA) is 48.0 Å². The molecule has 86 valence electrons. The summed E-state index contributed by atoms with van der Waals surface area (Å²) in [5.41, 5.74) is 2.32. The summed E-state index contributed by atoms with van der Waals surface area (Å²) in [6, 6.07) is 4.20. The normalized spacial score (nSPS) is 11.5. The van der Waals surface area contributed by atoms with Crippen LogP contribution in [0, 0.1) is 0 Å². The van der Waals surface area contributed by atoms with Crippen molar-refractivity contribution >= 4 is 5.52 Å². The second-order valence-electron chi connectivity index (χ2n) is 4.33. The van der Waals surface area contributed by atoms with Gasteiger partial charge in [0.1, 0.15) is 6.33 Å². The molecule has 0 unspecified atom stereocenters. The summed E-state index contributed by atoms with van der Waals surface area (Å²) in [5, 5.41) is 7.75. The highest BCUT2D eigenvalue weighted by Crippen LogP contribution is 2.18. The summed E-state index contributed by atoms with van der Waals surface area (Å²) in [4.78, 5) is 4.36. The summed E-state index contributed by atoms with van der Waals surface area (Å²) >= 11 is 0. The predicted molar refractivity (Wildman–Crippen MR) is 64.2 cm³/mol. The highest BCUT2D eigenvalue weighted by Gasteiger charge is 2.08. The summed E-state index contributed by atoms with van der Waals surface area (Å²) in [7, 11) is 0. The van der Waals surface area contributed by atoms with Gasteiger partial charge >= 0.3 is 0 Å². The highest BCUT2D eigenvalue weighted by atomic mass is 15.4. The first-order chi connectivity index (χ1) is 8.25. The van der Waals surface area contributed by atoms with Gasteiger partial charge in [-0.3, -0.25) is 0 Å². The van der Waals surface area contributed by atoms with Gasteiger partial charge in [-0.1, -0.05) is 25.1 Å². The first-order valence-corrected chi connectivity index (χ1v) is 5.59. The molecule has 3 heterocycles. The number of nitrogens with zero attached hydrogens (tertiary/aromatic N) is 5. The fourth-order valence-corrected chi connectivity index (χ4v) is 1.84. The van der Waals surface area contributed by atoms with Crippen molar-refractivity contribution in [3.63, 3.8) is 0 Å². The first-order valence-electron chi connectivity index (χ1n) is 5.59. The third kappa shape index (κ3) is 1.60. The van der Waals surface area contributed by atoms with Crippen LogP contribution in [0.4, 0.5) is 0 Å². The van der Waals surface area contributed by atoms with Crippen LogP contribution in [-0.4, -0.2) is 24.4 Å². The van der Waals surface area contributed by atoms with Crippen molar-refractivity contribution in [1.82, 2.24) is 24.4 Å². The predicted octanol–water partition coefficient (Wildman–Crippen LogP) is 2.04. The largest absolute Gasteiger partial charge is 0.304 e. The van der Waals surface area contributed by atoms with Crippen molar-refractivity contribution in [1.29, 1.82) is 0 Å². The van der Waals surface area contributed by atoms with E-state index < -0.39 is 0 Å². The number of pyridine rings is 1. The first kappa shape index (κ1) is 10.0. The average molecular weight is 227 g/mol. The zero-order chi connectivity index (χ0) is 11.8. The number of fused-ring (bicyclic) bond motifs is 1. The number of imidazole rings is 1. The molecule has 0 aromatic carbocycles. The zero-order valence-corrected chi connectivity index (χ0v) is 9.78. The molecule has 3 aromatic heterocycles. The number of rotatable bonds is 2. The second-order valence-corrected chi connectivity index (χ2v) is 4.33. The Kier molecular flexibility index (Phi) is 2.18. The van der Waals surface area contributed by atoms with Crippen LogP contribution in [-0.2, 0) is 0 Å². The van der Waals surface area contributed by atoms with Crippen LogP contribution >= 0.6 is 0 Å². The van der Waals surface area contributed by atoms with E-state index in [4.69, 9.17) is 0 Å². The fraction of sp³-hybridized carbons (Fsp3) is 0.250. The molecule has 0 spiro atoms. The molecule has 0 aliphatic heterocycles. The maximum atomic E-state index is 4.36. The monoisotopic (exact) mass is 227 g/mol. The van der Waals surface area contributed by atoms with E-state index in [1.807, 2.05) is 4.40 Å². The third-order valence-electron chi connectivity index (χ3n) is 2.84. The lowest BCUT2D eigenvalue weighted by Gasteiger charge is -2.05. The van der Waals surface area contributed by atoms with Gasteiger partial charge in [-0.05, 0) is 17.5 Å². The Morgan fingerprint density at radius 3 is 2.82 bits per heavy atom. The molecular weight excluding hydrogens is 214 g/mol. The molecule has 0 fully saturated rings. The van der Waals surface area contributed by atoms with Crippen molar-refractivity contribution < 1.29 is 0 Å². The lowest BCUT2D eigenvalue weighted by Crippen LogP contribution is -1.97. The van der Waals surface area contributed by atoms with E-state index in [9.17, 15) is 0 Å². The average Bonchev–Trinajstić information content (AvgIpc) is 2.96. The van der Waals surface area contributed by atoms with E-state index in [1.165, 1.54) is 5.56 Å². The van der Waals surface area contributed by atoms with Crippen molar-refractivity contribution in [3.8, 4) is 5.82 Å². The summed E-state index contributed by atoms with van der Waals surface area (Å²) in [6.45, 7) is 4.35. The van der Waals surface area contributed by atoms with Crippen LogP contribution in [0.2, 0.25) is 0 Å². The lowest BCUT2D eigenvalue weighted by atomic mass is 10.1. The summed E-state index contributed by atoms with van der Waals surface area (Å²) in [6.07, 6.45) is 7.35. The Labute approximate surface area is 98.7 Å². The minimum absolute atomic E-state index is 0.511. The van der Waals surface area contributed by atoms with Gasteiger partial charge in [0.25, 0.3) is 0 Å². The van der Waals surface area contributed by atoms with E-state index in [2.05, 4.69) is 47.5 Å². The molecule has 0 aliphatic rings. The fourth-order valence-electron chi connectivity index (χ4n) is 1.84. The Balaban J connectivity index is 2.18. The van der Waals surface area contributed by atoms with Crippen molar-refractivity contribution in [2.45, 2.75) is 19.8 Å².